The summed E-state index contributed by atoms with van der Waals surface area (Å²) in [7, 11) is 0. The SMILES string of the molecule is CC(C)(C)Oc1ccc2ccccc2c1C(C)(C)C. The van der Waals surface area contributed by atoms with Gasteiger partial charge >= 0.3 is 0 Å². The minimum absolute atomic E-state index is 0.0570. The predicted molar refractivity (Wildman–Crippen MR) is 83.0 cm³/mol. The highest BCUT2D eigenvalue weighted by Crippen LogP contribution is 2.38. The van der Waals surface area contributed by atoms with Gasteiger partial charge in [0, 0.05) is 5.56 Å². The molecule has 0 fully saturated rings. The molecule has 2 aromatic rings. The van der Waals surface area contributed by atoms with Crippen LogP contribution in [0.25, 0.3) is 10.8 Å². The molecule has 0 radical (unpaired) electrons. The summed E-state index contributed by atoms with van der Waals surface area (Å²) in [5.41, 5.74) is 1.17. The average molecular weight is 256 g/mol. The number of hydrogen-bond donors (Lipinski definition) is 0. The van der Waals surface area contributed by atoms with Gasteiger partial charge < -0.3 is 4.74 Å². The molecular weight excluding hydrogens is 232 g/mol. The third-order valence-electron chi connectivity index (χ3n) is 3.06. The first-order valence-electron chi connectivity index (χ1n) is 6.90. The minimum atomic E-state index is -0.178. The predicted octanol–water partition coefficient (Wildman–Crippen LogP) is 5.31. The molecule has 0 saturated carbocycles. The molecule has 0 saturated heterocycles. The summed E-state index contributed by atoms with van der Waals surface area (Å²) in [6, 6.07) is 12.8. The van der Waals surface area contributed by atoms with E-state index in [1.54, 1.807) is 0 Å². The molecule has 0 spiro atoms. The van der Waals surface area contributed by atoms with Crippen LogP contribution in [0.3, 0.4) is 0 Å². The van der Waals surface area contributed by atoms with E-state index in [4.69, 9.17) is 4.74 Å². The Balaban J connectivity index is 2.71. The second kappa shape index (κ2) is 4.56. The minimum Gasteiger partial charge on any atom is -0.488 e. The maximum absolute atomic E-state index is 6.17. The van der Waals surface area contributed by atoms with Crippen molar-refractivity contribution in [1.82, 2.24) is 0 Å². The van der Waals surface area contributed by atoms with E-state index < -0.39 is 0 Å². The van der Waals surface area contributed by atoms with Crippen LogP contribution >= 0.6 is 0 Å². The second-order valence-corrected chi connectivity index (χ2v) is 7.12. The Hall–Kier alpha value is -1.50. The van der Waals surface area contributed by atoms with E-state index in [2.05, 4.69) is 77.9 Å². The zero-order valence-corrected chi connectivity index (χ0v) is 12.9. The van der Waals surface area contributed by atoms with Crippen LogP contribution in [0.5, 0.6) is 5.75 Å². The lowest BCUT2D eigenvalue weighted by Crippen LogP contribution is -2.25. The molecule has 1 nitrogen and oxygen atoms in total. The highest BCUT2D eigenvalue weighted by atomic mass is 16.5. The van der Waals surface area contributed by atoms with E-state index in [1.165, 1.54) is 16.3 Å². The van der Waals surface area contributed by atoms with Crippen molar-refractivity contribution in [1.29, 1.82) is 0 Å². The topological polar surface area (TPSA) is 9.23 Å². The maximum atomic E-state index is 6.17. The van der Waals surface area contributed by atoms with Crippen LogP contribution in [-0.4, -0.2) is 5.60 Å². The van der Waals surface area contributed by atoms with Gasteiger partial charge in [0.05, 0.1) is 0 Å². The molecule has 19 heavy (non-hydrogen) atoms. The molecule has 0 atom stereocenters. The zero-order valence-electron chi connectivity index (χ0n) is 12.9. The van der Waals surface area contributed by atoms with Crippen LogP contribution in [0.1, 0.15) is 47.1 Å². The third-order valence-corrected chi connectivity index (χ3v) is 3.06. The summed E-state index contributed by atoms with van der Waals surface area (Å²) >= 11 is 0. The normalized spacial score (nSPS) is 12.7. The standard InChI is InChI=1S/C18H24O/c1-17(2,3)16-14-10-8-7-9-13(14)11-12-15(16)19-18(4,5)6/h7-12H,1-6H3. The van der Waals surface area contributed by atoms with E-state index in [1.807, 2.05) is 0 Å². The van der Waals surface area contributed by atoms with E-state index in [9.17, 15) is 0 Å². The summed E-state index contributed by atoms with van der Waals surface area (Å²) in [6.45, 7) is 13.0. The molecule has 0 aliphatic carbocycles. The molecule has 1 heteroatoms. The monoisotopic (exact) mass is 256 g/mol. The number of benzene rings is 2. The van der Waals surface area contributed by atoms with Crippen molar-refractivity contribution in [3.8, 4) is 5.75 Å². The number of rotatable bonds is 1. The largest absolute Gasteiger partial charge is 0.488 e. The molecule has 2 aromatic carbocycles. The van der Waals surface area contributed by atoms with Crippen LogP contribution in [0.15, 0.2) is 36.4 Å². The van der Waals surface area contributed by atoms with Crippen molar-refractivity contribution < 1.29 is 4.74 Å². The summed E-state index contributed by atoms with van der Waals surface area (Å²) in [5.74, 6) is 0.999. The van der Waals surface area contributed by atoms with E-state index in [0.29, 0.717) is 0 Å². The van der Waals surface area contributed by atoms with Crippen LogP contribution in [0.2, 0.25) is 0 Å². The summed E-state index contributed by atoms with van der Waals surface area (Å²) in [5, 5.41) is 2.56. The van der Waals surface area contributed by atoms with Crippen LogP contribution in [0.4, 0.5) is 0 Å². The first-order chi connectivity index (χ1) is 8.68. The van der Waals surface area contributed by atoms with Gasteiger partial charge in [-0.15, -0.1) is 0 Å². The molecule has 2 rings (SSSR count). The van der Waals surface area contributed by atoms with Crippen LogP contribution < -0.4 is 4.74 Å². The number of ether oxygens (including phenoxy) is 1. The lowest BCUT2D eigenvalue weighted by Gasteiger charge is -2.29. The highest BCUT2D eigenvalue weighted by molar-refractivity contribution is 5.88. The number of fused-ring (bicyclic) bond motifs is 1. The van der Waals surface area contributed by atoms with Gasteiger partial charge in [0.25, 0.3) is 0 Å². The summed E-state index contributed by atoms with van der Waals surface area (Å²) in [4.78, 5) is 0. The Morgan fingerprint density at radius 2 is 1.42 bits per heavy atom. The lowest BCUT2D eigenvalue weighted by atomic mass is 9.83. The van der Waals surface area contributed by atoms with Crippen molar-refractivity contribution in [3.05, 3.63) is 42.0 Å². The molecule has 0 heterocycles. The van der Waals surface area contributed by atoms with E-state index in [0.717, 1.165) is 5.75 Å². The molecule has 0 unspecified atom stereocenters. The van der Waals surface area contributed by atoms with Crippen molar-refractivity contribution in [2.75, 3.05) is 0 Å². The Morgan fingerprint density at radius 3 is 2.00 bits per heavy atom. The maximum Gasteiger partial charge on any atom is 0.124 e. The Bertz CT molecular complexity index is 583. The average Bonchev–Trinajstić information content (AvgIpc) is 2.24. The van der Waals surface area contributed by atoms with E-state index >= 15 is 0 Å². The van der Waals surface area contributed by atoms with Crippen molar-refractivity contribution in [2.24, 2.45) is 0 Å². The fraction of sp³-hybridized carbons (Fsp3) is 0.444. The quantitative estimate of drug-likeness (QED) is 0.671. The van der Waals surface area contributed by atoms with Gasteiger partial charge in [-0.1, -0.05) is 51.1 Å². The lowest BCUT2D eigenvalue weighted by molar-refractivity contribution is 0.128. The summed E-state index contributed by atoms with van der Waals surface area (Å²) in [6.07, 6.45) is 0. The Labute approximate surface area is 116 Å². The van der Waals surface area contributed by atoms with Gasteiger partial charge in [0.1, 0.15) is 11.4 Å². The molecule has 0 N–H and O–H groups in total. The van der Waals surface area contributed by atoms with Gasteiger partial charge in [0.2, 0.25) is 0 Å². The Morgan fingerprint density at radius 1 is 0.789 bits per heavy atom. The van der Waals surface area contributed by atoms with Gasteiger partial charge in [0.15, 0.2) is 0 Å². The van der Waals surface area contributed by atoms with Crippen LogP contribution in [-0.2, 0) is 5.41 Å². The van der Waals surface area contributed by atoms with Crippen molar-refractivity contribution >= 4 is 10.8 Å². The fourth-order valence-corrected chi connectivity index (χ4v) is 2.44. The van der Waals surface area contributed by atoms with E-state index in [-0.39, 0.29) is 11.0 Å². The molecule has 0 aromatic heterocycles. The Kier molecular flexibility index (Phi) is 3.34. The smallest absolute Gasteiger partial charge is 0.124 e. The first-order valence-corrected chi connectivity index (χ1v) is 6.90. The van der Waals surface area contributed by atoms with Gasteiger partial charge in [-0.3, -0.25) is 0 Å². The number of hydrogen-bond acceptors (Lipinski definition) is 1. The fourth-order valence-electron chi connectivity index (χ4n) is 2.44. The van der Waals surface area contributed by atoms with Crippen LogP contribution in [0, 0.1) is 0 Å². The molecule has 0 aliphatic rings. The first kappa shape index (κ1) is 13.9. The summed E-state index contributed by atoms with van der Waals surface area (Å²) < 4.78 is 6.17. The van der Waals surface area contributed by atoms with Gasteiger partial charge in [-0.25, -0.2) is 0 Å². The third kappa shape index (κ3) is 3.09. The van der Waals surface area contributed by atoms with Crippen molar-refractivity contribution in [3.63, 3.8) is 0 Å². The van der Waals surface area contributed by atoms with Crippen molar-refractivity contribution in [2.45, 2.75) is 52.6 Å². The van der Waals surface area contributed by atoms with Gasteiger partial charge in [-0.2, -0.15) is 0 Å². The second-order valence-electron chi connectivity index (χ2n) is 7.12. The molecule has 0 bridgehead atoms. The van der Waals surface area contributed by atoms with Gasteiger partial charge in [-0.05, 0) is 43.0 Å². The molecular formula is C18H24O. The molecule has 102 valence electrons. The zero-order chi connectivity index (χ0) is 14.3. The molecule has 0 aliphatic heterocycles. The highest BCUT2D eigenvalue weighted by Gasteiger charge is 2.24. The molecule has 0 amide bonds.